The smallest absolute Gasteiger partial charge is 0.416 e. The van der Waals surface area contributed by atoms with Crippen LogP contribution >= 0.6 is 0 Å². The Balaban J connectivity index is 0.00000129. The first kappa shape index (κ1) is 27.4. The maximum atomic E-state index is 13.6. The summed E-state index contributed by atoms with van der Waals surface area (Å²) in [5.41, 5.74) is 0.327. The maximum Gasteiger partial charge on any atom is 0.416 e. The number of piperazine rings is 1. The van der Waals surface area contributed by atoms with Gasteiger partial charge in [-0.1, -0.05) is 33.3 Å². The Hall–Kier alpha value is -2.88. The Morgan fingerprint density at radius 1 is 1.32 bits per heavy atom. The predicted molar refractivity (Wildman–Crippen MR) is 129 cm³/mol. The third-order valence-electron chi connectivity index (χ3n) is 5.07. The number of amidine groups is 1. The standard InChI is InChI=1S/C21H26F3N5O2.C3H8/c1-4-5-6-26-19-16(12-31-20(30)28-19)14(3)17-9-15(21(22,23)24)10-18(27-17)29-8-7-25-13(2)11-29;1-3-2/h5-6,9-10,13,25H,4,7-8,11-12H2,1-3H3,(H,26,28,30);3H2,1-2H3/b6-5+,16-14+;. The number of cyclic esters (lactones) is 1. The second-order valence-corrected chi connectivity index (χ2v) is 8.18. The van der Waals surface area contributed by atoms with E-state index in [-0.39, 0.29) is 30.0 Å². The minimum absolute atomic E-state index is 0.103. The van der Waals surface area contributed by atoms with Crippen LogP contribution in [-0.4, -0.2) is 49.2 Å². The van der Waals surface area contributed by atoms with Gasteiger partial charge in [-0.3, -0.25) is 5.32 Å². The Morgan fingerprint density at radius 2 is 2.03 bits per heavy atom. The van der Waals surface area contributed by atoms with Gasteiger partial charge in [-0.25, -0.2) is 14.8 Å². The van der Waals surface area contributed by atoms with Crippen molar-refractivity contribution in [2.45, 2.75) is 59.7 Å². The number of alkyl carbamates (subject to hydrolysis) is 1. The highest BCUT2D eigenvalue weighted by molar-refractivity contribution is 6.12. The van der Waals surface area contributed by atoms with Gasteiger partial charge in [-0.2, -0.15) is 13.2 Å². The summed E-state index contributed by atoms with van der Waals surface area (Å²) in [6.45, 7) is 11.5. The van der Waals surface area contributed by atoms with Crippen molar-refractivity contribution in [3.05, 3.63) is 41.2 Å². The molecule has 1 aromatic heterocycles. The lowest BCUT2D eigenvalue weighted by molar-refractivity contribution is -0.137. The summed E-state index contributed by atoms with van der Waals surface area (Å²) in [7, 11) is 0. The largest absolute Gasteiger partial charge is 0.444 e. The van der Waals surface area contributed by atoms with E-state index in [1.165, 1.54) is 6.42 Å². The van der Waals surface area contributed by atoms with E-state index >= 15 is 0 Å². The molecule has 34 heavy (non-hydrogen) atoms. The normalized spacial score (nSPS) is 21.6. The molecule has 10 heteroatoms. The lowest BCUT2D eigenvalue weighted by Crippen LogP contribution is -2.49. The molecule has 3 rings (SSSR count). The fourth-order valence-corrected chi connectivity index (χ4v) is 3.37. The van der Waals surface area contributed by atoms with Gasteiger partial charge in [0.2, 0.25) is 0 Å². The molecule has 0 bridgehead atoms. The zero-order valence-electron chi connectivity index (χ0n) is 20.4. The van der Waals surface area contributed by atoms with Crippen molar-refractivity contribution < 1.29 is 22.7 Å². The van der Waals surface area contributed by atoms with E-state index in [1.54, 1.807) is 19.2 Å². The highest BCUT2D eigenvalue weighted by atomic mass is 19.4. The fourth-order valence-electron chi connectivity index (χ4n) is 3.37. The van der Waals surface area contributed by atoms with Crippen molar-refractivity contribution in [2.75, 3.05) is 31.1 Å². The molecule has 0 radical (unpaired) electrons. The number of anilines is 1. The molecule has 0 spiro atoms. The zero-order valence-corrected chi connectivity index (χ0v) is 20.4. The third kappa shape index (κ3) is 7.58. The average molecular weight is 482 g/mol. The first-order valence-electron chi connectivity index (χ1n) is 11.5. The number of hydrogen-bond donors (Lipinski definition) is 2. The molecule has 2 aliphatic rings. The van der Waals surface area contributed by atoms with Gasteiger partial charge in [-0.05, 0) is 38.0 Å². The molecule has 2 saturated heterocycles. The molecule has 0 aliphatic carbocycles. The Morgan fingerprint density at radius 3 is 2.65 bits per heavy atom. The number of ether oxygens (including phenoxy) is 1. The summed E-state index contributed by atoms with van der Waals surface area (Å²) in [6.07, 6.45) is 0.165. The highest BCUT2D eigenvalue weighted by Gasteiger charge is 2.33. The van der Waals surface area contributed by atoms with E-state index in [9.17, 15) is 18.0 Å². The Labute approximate surface area is 199 Å². The number of nitrogens with zero attached hydrogens (tertiary/aromatic N) is 3. The van der Waals surface area contributed by atoms with Crippen molar-refractivity contribution in [2.24, 2.45) is 4.99 Å². The number of carbonyl (C=O) groups is 1. The van der Waals surface area contributed by atoms with E-state index in [4.69, 9.17) is 4.74 Å². The lowest BCUT2D eigenvalue weighted by atomic mass is 10.0. The number of alkyl halides is 3. The molecule has 1 aromatic rings. The van der Waals surface area contributed by atoms with Crippen LogP contribution in [0.2, 0.25) is 0 Å². The van der Waals surface area contributed by atoms with Crippen LogP contribution in [0.15, 0.2) is 35.0 Å². The van der Waals surface area contributed by atoms with Gasteiger partial charge in [0.15, 0.2) is 0 Å². The number of rotatable bonds is 4. The van der Waals surface area contributed by atoms with Crippen LogP contribution in [0.25, 0.3) is 5.57 Å². The van der Waals surface area contributed by atoms with Gasteiger partial charge in [-0.15, -0.1) is 0 Å². The molecule has 0 aromatic carbocycles. The monoisotopic (exact) mass is 481 g/mol. The van der Waals surface area contributed by atoms with Crippen LogP contribution in [0, 0.1) is 0 Å². The number of pyridine rings is 1. The van der Waals surface area contributed by atoms with Crippen LogP contribution in [0.4, 0.5) is 23.8 Å². The molecule has 1 unspecified atom stereocenters. The van der Waals surface area contributed by atoms with Gasteiger partial charge in [0, 0.05) is 37.4 Å². The molecule has 7 nitrogen and oxygen atoms in total. The van der Waals surface area contributed by atoms with Gasteiger partial charge in [0.1, 0.15) is 18.3 Å². The Kier molecular flexibility index (Phi) is 10.1. The van der Waals surface area contributed by atoms with Gasteiger partial charge < -0.3 is 15.0 Å². The SMILES string of the molecule is CC/C=C/N=C1\NC(=O)OC\C1=C(\C)c1cc(C(F)(F)F)cc(N2CCNC(C)C2)n1.CCC. The number of hydrogen-bond acceptors (Lipinski definition) is 6. The van der Waals surface area contributed by atoms with E-state index in [1.807, 2.05) is 18.7 Å². The second-order valence-electron chi connectivity index (χ2n) is 8.18. The summed E-state index contributed by atoms with van der Waals surface area (Å²) in [5.74, 6) is 0.512. The predicted octanol–water partition coefficient (Wildman–Crippen LogP) is 5.15. The van der Waals surface area contributed by atoms with Crippen molar-refractivity contribution in [1.82, 2.24) is 15.6 Å². The Bertz CT molecular complexity index is 941. The van der Waals surface area contributed by atoms with E-state index < -0.39 is 17.8 Å². The van der Waals surface area contributed by atoms with Crippen molar-refractivity contribution in [3.8, 4) is 0 Å². The molecule has 188 valence electrons. The number of halogens is 3. The number of carbonyl (C=O) groups excluding carboxylic acids is 1. The third-order valence-corrected chi connectivity index (χ3v) is 5.07. The number of aliphatic imine (C=N–C) groups is 1. The maximum absolute atomic E-state index is 13.6. The number of amides is 1. The zero-order chi connectivity index (χ0) is 25.3. The topological polar surface area (TPSA) is 78.8 Å². The quantitative estimate of drug-likeness (QED) is 0.622. The van der Waals surface area contributed by atoms with Crippen LogP contribution in [0.5, 0.6) is 0 Å². The summed E-state index contributed by atoms with van der Waals surface area (Å²) in [6, 6.07) is 2.24. The molecule has 2 aliphatic heterocycles. The average Bonchev–Trinajstić information content (AvgIpc) is 2.79. The van der Waals surface area contributed by atoms with Gasteiger partial charge >= 0.3 is 12.3 Å². The van der Waals surface area contributed by atoms with Crippen LogP contribution in [-0.2, 0) is 10.9 Å². The molecular formula is C24H34F3N5O2. The summed E-state index contributed by atoms with van der Waals surface area (Å²) < 4.78 is 46.0. The van der Waals surface area contributed by atoms with Crippen LogP contribution < -0.4 is 15.5 Å². The highest BCUT2D eigenvalue weighted by Crippen LogP contribution is 2.34. The van der Waals surface area contributed by atoms with E-state index in [0.717, 1.165) is 18.6 Å². The molecule has 1 amide bonds. The minimum Gasteiger partial charge on any atom is -0.444 e. The molecule has 3 heterocycles. The lowest BCUT2D eigenvalue weighted by Gasteiger charge is -2.33. The fraction of sp³-hybridized carbons (Fsp3) is 0.542. The summed E-state index contributed by atoms with van der Waals surface area (Å²) in [4.78, 5) is 22.3. The van der Waals surface area contributed by atoms with E-state index in [0.29, 0.717) is 30.8 Å². The van der Waals surface area contributed by atoms with E-state index in [2.05, 4.69) is 34.5 Å². The van der Waals surface area contributed by atoms with Crippen LogP contribution in [0.3, 0.4) is 0 Å². The molecule has 0 saturated carbocycles. The van der Waals surface area contributed by atoms with Gasteiger partial charge in [0.05, 0.1) is 11.3 Å². The summed E-state index contributed by atoms with van der Waals surface area (Å²) in [5, 5.41) is 5.79. The first-order valence-corrected chi connectivity index (χ1v) is 11.5. The van der Waals surface area contributed by atoms with Gasteiger partial charge in [0.25, 0.3) is 0 Å². The van der Waals surface area contributed by atoms with Crippen molar-refractivity contribution in [1.29, 1.82) is 0 Å². The molecule has 2 N–H and O–H groups in total. The van der Waals surface area contributed by atoms with Crippen molar-refractivity contribution in [3.63, 3.8) is 0 Å². The number of aromatic nitrogens is 1. The number of allylic oxidation sites excluding steroid dienone is 2. The molecule has 1 atom stereocenters. The van der Waals surface area contributed by atoms with Crippen LogP contribution in [0.1, 0.15) is 58.7 Å². The first-order chi connectivity index (χ1) is 16.1. The van der Waals surface area contributed by atoms with Crippen molar-refractivity contribution >= 4 is 23.3 Å². The minimum atomic E-state index is -4.52. The second kappa shape index (κ2) is 12.5. The molecule has 2 fully saturated rings. The molecular weight excluding hydrogens is 447 g/mol. The number of nitrogens with one attached hydrogen (secondary N) is 2. The summed E-state index contributed by atoms with van der Waals surface area (Å²) >= 11 is 0.